The van der Waals surface area contributed by atoms with E-state index in [9.17, 15) is 9.59 Å². The Morgan fingerprint density at radius 2 is 2.08 bits per heavy atom. The molecule has 0 unspecified atom stereocenters. The number of nitrogens with zero attached hydrogens (tertiary/aromatic N) is 4. The fraction of sp³-hybridized carbons (Fsp3) is 0.421. The number of H-pyrrole nitrogens is 1. The molecule has 7 nitrogen and oxygen atoms in total. The summed E-state index contributed by atoms with van der Waals surface area (Å²) in [7, 11) is 1.66. The summed E-state index contributed by atoms with van der Waals surface area (Å²) in [5, 5.41) is 5.49. The number of aryl methyl sites for hydroxylation is 2. The summed E-state index contributed by atoms with van der Waals surface area (Å²) in [4.78, 5) is 29.7. The largest absolute Gasteiger partial charge is 0.361 e. The highest BCUT2D eigenvalue weighted by Crippen LogP contribution is 2.19. The second-order valence-corrected chi connectivity index (χ2v) is 6.82. The number of carbonyl (C=O) groups is 1. The van der Waals surface area contributed by atoms with Gasteiger partial charge in [-0.05, 0) is 24.5 Å². The van der Waals surface area contributed by atoms with Gasteiger partial charge in [0.1, 0.15) is 5.82 Å². The van der Waals surface area contributed by atoms with Gasteiger partial charge in [-0.2, -0.15) is 5.10 Å². The molecule has 0 bridgehead atoms. The van der Waals surface area contributed by atoms with Gasteiger partial charge in [-0.3, -0.25) is 9.36 Å². The van der Waals surface area contributed by atoms with Crippen LogP contribution in [-0.4, -0.2) is 43.2 Å². The second-order valence-electron chi connectivity index (χ2n) is 6.82. The number of carbonyl (C=O) groups excluding carboxylic acids is 1. The molecule has 136 valence electrons. The van der Waals surface area contributed by atoms with Gasteiger partial charge in [-0.15, -0.1) is 0 Å². The molecule has 0 saturated carbocycles. The van der Waals surface area contributed by atoms with Crippen LogP contribution in [0.25, 0.3) is 10.9 Å². The minimum absolute atomic E-state index is 0.103. The molecule has 0 saturated heterocycles. The number of fused-ring (bicyclic) bond motifs is 2. The van der Waals surface area contributed by atoms with Gasteiger partial charge in [0, 0.05) is 56.6 Å². The molecular formula is C19H23N5O2. The van der Waals surface area contributed by atoms with Crippen molar-refractivity contribution in [3.8, 4) is 0 Å². The molecule has 0 spiro atoms. The molecule has 1 N–H and O–H groups in total. The number of hydrogen-bond donors (Lipinski definition) is 1. The van der Waals surface area contributed by atoms with Gasteiger partial charge < -0.3 is 9.88 Å². The van der Waals surface area contributed by atoms with Crippen LogP contribution >= 0.6 is 0 Å². The molecule has 1 amide bonds. The van der Waals surface area contributed by atoms with Gasteiger partial charge in [0.2, 0.25) is 5.91 Å². The van der Waals surface area contributed by atoms with Gasteiger partial charge in [0.15, 0.2) is 0 Å². The molecule has 7 heteroatoms. The number of para-hydroxylation sites is 1. The van der Waals surface area contributed by atoms with Gasteiger partial charge in [-0.1, -0.05) is 18.2 Å². The third-order valence-electron chi connectivity index (χ3n) is 5.15. The van der Waals surface area contributed by atoms with Crippen molar-refractivity contribution in [3.63, 3.8) is 0 Å². The topological polar surface area (TPSA) is 75.9 Å². The number of rotatable bonds is 4. The average Bonchev–Trinajstić information content (AvgIpc) is 3.08. The summed E-state index contributed by atoms with van der Waals surface area (Å²) in [5.41, 5.74) is 2.29. The molecule has 0 atom stereocenters. The number of hydrogen-bond acceptors (Lipinski definition) is 3. The molecule has 0 aliphatic carbocycles. The van der Waals surface area contributed by atoms with Gasteiger partial charge in [0.05, 0.1) is 0 Å². The molecule has 4 rings (SSSR count). The van der Waals surface area contributed by atoms with E-state index < -0.39 is 0 Å². The van der Waals surface area contributed by atoms with E-state index in [1.165, 1.54) is 15.6 Å². The van der Waals surface area contributed by atoms with Crippen LogP contribution in [0.2, 0.25) is 0 Å². The molecule has 1 aliphatic rings. The smallest absolute Gasteiger partial charge is 0.345 e. The van der Waals surface area contributed by atoms with E-state index in [1.807, 2.05) is 23.2 Å². The van der Waals surface area contributed by atoms with Crippen molar-refractivity contribution in [2.75, 3.05) is 13.1 Å². The van der Waals surface area contributed by atoms with Crippen LogP contribution in [0.5, 0.6) is 0 Å². The SMILES string of the molecule is Cn1nc2n(c1=O)CCN(C(=O)CCCc1c[nH]c3ccccc13)CC2. The van der Waals surface area contributed by atoms with Crippen LogP contribution in [0, 0.1) is 0 Å². The van der Waals surface area contributed by atoms with Crippen molar-refractivity contribution >= 4 is 16.8 Å². The lowest BCUT2D eigenvalue weighted by Gasteiger charge is -2.19. The maximum absolute atomic E-state index is 12.6. The molecule has 26 heavy (non-hydrogen) atoms. The molecule has 0 radical (unpaired) electrons. The summed E-state index contributed by atoms with van der Waals surface area (Å²) in [5.74, 6) is 0.930. The quantitative estimate of drug-likeness (QED) is 0.772. The monoisotopic (exact) mass is 353 g/mol. The van der Waals surface area contributed by atoms with E-state index in [2.05, 4.69) is 22.2 Å². The lowest BCUT2D eigenvalue weighted by atomic mass is 10.1. The van der Waals surface area contributed by atoms with Crippen LogP contribution < -0.4 is 5.69 Å². The Morgan fingerprint density at radius 1 is 1.23 bits per heavy atom. The molecule has 1 aliphatic heterocycles. The first-order valence-electron chi connectivity index (χ1n) is 9.09. The zero-order valence-corrected chi connectivity index (χ0v) is 14.9. The van der Waals surface area contributed by atoms with E-state index in [0.29, 0.717) is 32.5 Å². The van der Waals surface area contributed by atoms with Crippen molar-refractivity contribution < 1.29 is 4.79 Å². The normalized spacial score (nSPS) is 14.4. The maximum atomic E-state index is 12.6. The summed E-state index contributed by atoms with van der Waals surface area (Å²) >= 11 is 0. The number of benzene rings is 1. The summed E-state index contributed by atoms with van der Waals surface area (Å²) in [6.45, 7) is 1.73. The molecular weight excluding hydrogens is 330 g/mol. The Hall–Kier alpha value is -2.83. The first-order chi connectivity index (χ1) is 12.6. The lowest BCUT2D eigenvalue weighted by Crippen LogP contribution is -2.34. The van der Waals surface area contributed by atoms with E-state index in [4.69, 9.17) is 0 Å². The zero-order valence-electron chi connectivity index (χ0n) is 14.9. The van der Waals surface area contributed by atoms with Crippen molar-refractivity contribution in [2.24, 2.45) is 7.05 Å². The predicted molar refractivity (Wildman–Crippen MR) is 99.0 cm³/mol. The first-order valence-corrected chi connectivity index (χ1v) is 9.09. The highest BCUT2D eigenvalue weighted by Gasteiger charge is 2.21. The molecule has 1 aromatic carbocycles. The number of aromatic amines is 1. The van der Waals surface area contributed by atoms with Gasteiger partial charge in [-0.25, -0.2) is 9.48 Å². The highest BCUT2D eigenvalue weighted by molar-refractivity contribution is 5.83. The number of nitrogens with one attached hydrogen (secondary N) is 1. The second kappa shape index (κ2) is 6.82. The highest BCUT2D eigenvalue weighted by atomic mass is 16.2. The third-order valence-corrected chi connectivity index (χ3v) is 5.15. The minimum atomic E-state index is -0.103. The summed E-state index contributed by atoms with van der Waals surface area (Å²) in [6, 6.07) is 8.23. The first kappa shape index (κ1) is 16.6. The van der Waals surface area contributed by atoms with Crippen molar-refractivity contribution in [2.45, 2.75) is 32.2 Å². The van der Waals surface area contributed by atoms with E-state index in [1.54, 1.807) is 11.6 Å². The Labute approximate surface area is 151 Å². The van der Waals surface area contributed by atoms with Gasteiger partial charge >= 0.3 is 5.69 Å². The molecule has 0 fully saturated rings. The van der Waals surface area contributed by atoms with Crippen LogP contribution in [0.3, 0.4) is 0 Å². The summed E-state index contributed by atoms with van der Waals surface area (Å²) in [6.07, 6.45) is 4.90. The number of aromatic nitrogens is 4. The van der Waals surface area contributed by atoms with Crippen molar-refractivity contribution in [3.05, 3.63) is 52.3 Å². The Kier molecular flexibility index (Phi) is 4.36. The molecule has 3 aromatic rings. The molecule has 2 aromatic heterocycles. The van der Waals surface area contributed by atoms with Crippen LogP contribution in [0.15, 0.2) is 35.3 Å². The van der Waals surface area contributed by atoms with Crippen LogP contribution in [-0.2, 0) is 31.2 Å². The van der Waals surface area contributed by atoms with Crippen molar-refractivity contribution in [1.29, 1.82) is 0 Å². The third kappa shape index (κ3) is 3.05. The average molecular weight is 353 g/mol. The fourth-order valence-electron chi connectivity index (χ4n) is 3.71. The predicted octanol–water partition coefficient (Wildman–Crippen LogP) is 1.47. The molecule has 3 heterocycles. The van der Waals surface area contributed by atoms with Crippen LogP contribution in [0.1, 0.15) is 24.2 Å². The number of amides is 1. The Morgan fingerprint density at radius 3 is 2.96 bits per heavy atom. The summed E-state index contributed by atoms with van der Waals surface area (Å²) < 4.78 is 3.05. The Balaban J connectivity index is 1.33. The minimum Gasteiger partial charge on any atom is -0.361 e. The van der Waals surface area contributed by atoms with Crippen LogP contribution in [0.4, 0.5) is 0 Å². The zero-order chi connectivity index (χ0) is 18.1. The standard InChI is InChI=1S/C19H23N5O2/c1-22-19(26)24-12-11-23(10-9-17(24)21-22)18(25)8-4-5-14-13-20-16-7-3-2-6-15(14)16/h2-3,6-7,13,20H,4-5,8-12H2,1H3. The van der Waals surface area contributed by atoms with Crippen molar-refractivity contribution in [1.82, 2.24) is 24.2 Å². The van der Waals surface area contributed by atoms with Gasteiger partial charge in [0.25, 0.3) is 0 Å². The lowest BCUT2D eigenvalue weighted by molar-refractivity contribution is -0.131. The van der Waals surface area contributed by atoms with E-state index in [0.717, 1.165) is 24.2 Å². The maximum Gasteiger partial charge on any atom is 0.345 e. The van der Waals surface area contributed by atoms with E-state index >= 15 is 0 Å². The fourth-order valence-corrected chi connectivity index (χ4v) is 3.71. The Bertz CT molecular complexity index is 997. The van der Waals surface area contributed by atoms with E-state index in [-0.39, 0.29) is 11.6 Å².